The summed E-state index contributed by atoms with van der Waals surface area (Å²) in [7, 11) is -1.40. The number of hydrogen-bond acceptors (Lipinski definition) is 6. The van der Waals surface area contributed by atoms with Crippen LogP contribution in [0.2, 0.25) is 5.02 Å². The van der Waals surface area contributed by atoms with Crippen molar-refractivity contribution in [2.75, 3.05) is 20.7 Å². The number of nitrogens with one attached hydrogen (secondary N) is 3. The zero-order chi connectivity index (χ0) is 28.0. The molecule has 0 radical (unpaired) electrons. The van der Waals surface area contributed by atoms with E-state index >= 15 is 0 Å². The predicted molar refractivity (Wildman–Crippen MR) is 154 cm³/mol. The number of carbonyl (C=O) groups is 2. The SMILES string of the molecule is CNC(=O)NS(=O)(=O)c1cc(CCNC(=O)c2cc(Cl)ccc2OC)ccc1-c1ccc(-c2cccs2)cc1. The molecule has 202 valence electrons. The number of amides is 3. The van der Waals surface area contributed by atoms with E-state index in [0.717, 1.165) is 10.4 Å². The fourth-order valence-corrected chi connectivity index (χ4v) is 6.08. The summed E-state index contributed by atoms with van der Waals surface area (Å²) in [5.74, 6) is 0.0194. The van der Waals surface area contributed by atoms with E-state index < -0.39 is 16.1 Å². The minimum absolute atomic E-state index is 0.0460. The molecule has 39 heavy (non-hydrogen) atoms. The lowest BCUT2D eigenvalue weighted by Gasteiger charge is -2.14. The van der Waals surface area contributed by atoms with Gasteiger partial charge in [0.25, 0.3) is 15.9 Å². The first-order valence-corrected chi connectivity index (χ1v) is 14.6. The first kappa shape index (κ1) is 28.2. The lowest BCUT2D eigenvalue weighted by molar-refractivity contribution is 0.0951. The second kappa shape index (κ2) is 12.3. The van der Waals surface area contributed by atoms with Crippen molar-refractivity contribution in [3.8, 4) is 27.3 Å². The molecule has 1 heterocycles. The normalized spacial score (nSPS) is 11.1. The zero-order valence-corrected chi connectivity index (χ0v) is 23.5. The summed E-state index contributed by atoms with van der Waals surface area (Å²) < 4.78 is 33.7. The second-order valence-electron chi connectivity index (χ2n) is 8.42. The molecule has 0 aliphatic heterocycles. The van der Waals surface area contributed by atoms with Gasteiger partial charge in [-0.05, 0) is 58.8 Å². The number of halogens is 1. The predicted octanol–water partition coefficient (Wildman–Crippen LogP) is 5.33. The Morgan fingerprint density at radius 1 is 0.974 bits per heavy atom. The highest BCUT2D eigenvalue weighted by Crippen LogP contribution is 2.32. The van der Waals surface area contributed by atoms with Gasteiger partial charge in [0.1, 0.15) is 5.75 Å². The van der Waals surface area contributed by atoms with E-state index in [1.165, 1.54) is 26.3 Å². The van der Waals surface area contributed by atoms with Crippen LogP contribution in [0.1, 0.15) is 15.9 Å². The van der Waals surface area contributed by atoms with Crippen molar-refractivity contribution < 1.29 is 22.7 Å². The van der Waals surface area contributed by atoms with Gasteiger partial charge in [-0.15, -0.1) is 11.3 Å². The number of rotatable bonds is 9. The van der Waals surface area contributed by atoms with Crippen molar-refractivity contribution in [2.45, 2.75) is 11.3 Å². The number of thiophene rings is 1. The Bertz CT molecular complexity index is 1590. The molecule has 0 spiro atoms. The van der Waals surface area contributed by atoms with Gasteiger partial charge in [0.15, 0.2) is 0 Å². The van der Waals surface area contributed by atoms with Crippen LogP contribution in [0.15, 0.2) is 83.1 Å². The van der Waals surface area contributed by atoms with Gasteiger partial charge in [0.2, 0.25) is 0 Å². The standard InChI is InChI=1S/C28H26ClN3O5S2/c1-30-28(34)32-39(35,36)26-16-18(13-14-31-27(33)23-17-21(29)10-12-24(23)37-2)5-11-22(26)19-6-8-20(9-7-19)25-4-3-15-38-25/h3-12,15-17H,13-14H2,1-2H3,(H,31,33)(H2,30,32,34). The van der Waals surface area contributed by atoms with Crippen LogP contribution in [0, 0.1) is 0 Å². The van der Waals surface area contributed by atoms with Crippen molar-refractivity contribution in [1.82, 2.24) is 15.4 Å². The van der Waals surface area contributed by atoms with Crippen molar-refractivity contribution in [3.05, 3.63) is 94.3 Å². The van der Waals surface area contributed by atoms with Crippen molar-refractivity contribution in [3.63, 3.8) is 0 Å². The van der Waals surface area contributed by atoms with Crippen molar-refractivity contribution in [1.29, 1.82) is 0 Å². The third kappa shape index (κ3) is 6.78. The van der Waals surface area contributed by atoms with Crippen LogP contribution in [-0.4, -0.2) is 41.1 Å². The number of methoxy groups -OCH3 is 1. The van der Waals surface area contributed by atoms with Crippen molar-refractivity contribution >= 4 is 44.9 Å². The molecule has 11 heteroatoms. The summed E-state index contributed by atoms with van der Waals surface area (Å²) in [4.78, 5) is 25.7. The Morgan fingerprint density at radius 2 is 1.72 bits per heavy atom. The lowest BCUT2D eigenvalue weighted by Crippen LogP contribution is -2.37. The average molecular weight is 584 g/mol. The van der Waals surface area contributed by atoms with Gasteiger partial charge in [-0.3, -0.25) is 4.79 Å². The summed E-state index contributed by atoms with van der Waals surface area (Å²) in [6.45, 7) is 0.228. The maximum atomic E-state index is 13.2. The molecular formula is C28H26ClN3O5S2. The minimum atomic E-state index is -4.20. The van der Waals surface area contributed by atoms with E-state index in [-0.39, 0.29) is 17.3 Å². The molecule has 1 aromatic heterocycles. The Balaban J connectivity index is 1.59. The molecule has 0 aliphatic carbocycles. The van der Waals surface area contributed by atoms with Crippen LogP contribution in [0.25, 0.3) is 21.6 Å². The van der Waals surface area contributed by atoms with Gasteiger partial charge in [0, 0.05) is 29.1 Å². The number of benzene rings is 3. The molecule has 3 amide bonds. The average Bonchev–Trinajstić information content (AvgIpc) is 3.48. The third-order valence-electron chi connectivity index (χ3n) is 5.90. The molecule has 4 aromatic rings. The molecule has 0 unspecified atom stereocenters. The van der Waals surface area contributed by atoms with E-state index in [0.29, 0.717) is 39.4 Å². The molecule has 0 atom stereocenters. The Labute approximate surface area is 236 Å². The van der Waals surface area contributed by atoms with Crippen LogP contribution < -0.4 is 20.1 Å². The van der Waals surface area contributed by atoms with E-state index in [4.69, 9.17) is 16.3 Å². The highest BCUT2D eigenvalue weighted by Gasteiger charge is 2.22. The van der Waals surface area contributed by atoms with E-state index in [2.05, 4.69) is 10.6 Å². The fraction of sp³-hybridized carbons (Fsp3) is 0.143. The summed E-state index contributed by atoms with van der Waals surface area (Å²) >= 11 is 7.64. The smallest absolute Gasteiger partial charge is 0.328 e. The Morgan fingerprint density at radius 3 is 2.38 bits per heavy atom. The van der Waals surface area contributed by atoms with Crippen molar-refractivity contribution in [2.24, 2.45) is 0 Å². The molecule has 0 saturated carbocycles. The highest BCUT2D eigenvalue weighted by molar-refractivity contribution is 7.90. The van der Waals surface area contributed by atoms with Gasteiger partial charge >= 0.3 is 6.03 Å². The zero-order valence-electron chi connectivity index (χ0n) is 21.2. The van der Waals surface area contributed by atoms with E-state index in [9.17, 15) is 18.0 Å². The number of ether oxygens (including phenoxy) is 1. The lowest BCUT2D eigenvalue weighted by atomic mass is 10.0. The second-order valence-corrected chi connectivity index (χ2v) is 11.5. The van der Waals surface area contributed by atoms with Crippen LogP contribution in [0.3, 0.4) is 0 Å². The molecule has 0 fully saturated rings. The number of carbonyl (C=O) groups excluding carboxylic acids is 2. The number of sulfonamides is 1. The van der Waals surface area contributed by atoms with Gasteiger partial charge in [-0.2, -0.15) is 0 Å². The Hall–Kier alpha value is -3.86. The summed E-state index contributed by atoms with van der Waals surface area (Å²) in [5, 5.41) is 7.47. The third-order valence-corrected chi connectivity index (χ3v) is 8.42. The molecular weight excluding hydrogens is 558 g/mol. The van der Waals surface area contributed by atoms with Gasteiger partial charge in [-0.25, -0.2) is 17.9 Å². The Kier molecular flexibility index (Phi) is 8.90. The topological polar surface area (TPSA) is 114 Å². The molecule has 3 N–H and O–H groups in total. The van der Waals surface area contributed by atoms with Crippen LogP contribution >= 0.6 is 22.9 Å². The molecule has 0 aliphatic rings. The molecule has 3 aromatic carbocycles. The monoisotopic (exact) mass is 583 g/mol. The van der Waals surface area contributed by atoms with Gasteiger partial charge in [0.05, 0.1) is 17.6 Å². The fourth-order valence-electron chi connectivity index (χ4n) is 3.94. The highest BCUT2D eigenvalue weighted by atomic mass is 35.5. The van der Waals surface area contributed by atoms with Crippen LogP contribution in [0.5, 0.6) is 5.75 Å². The van der Waals surface area contributed by atoms with Gasteiger partial charge < -0.3 is 15.4 Å². The number of hydrogen-bond donors (Lipinski definition) is 3. The maximum absolute atomic E-state index is 13.2. The summed E-state index contributed by atoms with van der Waals surface area (Å²) in [6.07, 6.45) is 0.342. The quantitative estimate of drug-likeness (QED) is 0.246. The molecule has 0 bridgehead atoms. The van der Waals surface area contributed by atoms with E-state index in [1.54, 1.807) is 35.6 Å². The first-order chi connectivity index (χ1) is 18.7. The molecule has 8 nitrogen and oxygen atoms in total. The summed E-state index contributed by atoms with van der Waals surface area (Å²) in [6, 6.07) is 20.5. The molecule has 0 saturated heterocycles. The minimum Gasteiger partial charge on any atom is -0.496 e. The molecule has 4 rings (SSSR count). The largest absolute Gasteiger partial charge is 0.496 e. The maximum Gasteiger partial charge on any atom is 0.328 e. The van der Waals surface area contributed by atoms with Gasteiger partial charge in [-0.1, -0.05) is 54.1 Å². The summed E-state index contributed by atoms with van der Waals surface area (Å²) in [5.41, 5.74) is 3.10. The van der Waals surface area contributed by atoms with Crippen LogP contribution in [0.4, 0.5) is 4.79 Å². The van der Waals surface area contributed by atoms with Crippen LogP contribution in [-0.2, 0) is 16.4 Å². The van der Waals surface area contributed by atoms with E-state index in [1.807, 2.05) is 46.5 Å². The first-order valence-electron chi connectivity index (χ1n) is 11.9. The number of urea groups is 1.